The lowest BCUT2D eigenvalue weighted by Gasteiger charge is -2.24. The molecular weight excluding hydrogens is 206 g/mol. The van der Waals surface area contributed by atoms with Gasteiger partial charge < -0.3 is 14.4 Å². The van der Waals surface area contributed by atoms with Gasteiger partial charge in [-0.05, 0) is 19.3 Å². The Morgan fingerprint density at radius 2 is 2.38 bits per heavy atom. The van der Waals surface area contributed by atoms with E-state index >= 15 is 0 Å². The molecule has 0 spiro atoms. The van der Waals surface area contributed by atoms with Crippen molar-refractivity contribution in [1.29, 1.82) is 0 Å². The van der Waals surface area contributed by atoms with Gasteiger partial charge in [-0.15, -0.1) is 10.2 Å². The quantitative estimate of drug-likeness (QED) is 0.750. The van der Waals surface area contributed by atoms with E-state index in [4.69, 9.17) is 4.74 Å². The molecule has 1 aliphatic rings. The summed E-state index contributed by atoms with van der Waals surface area (Å²) in [6.07, 6.45) is 4.93. The van der Waals surface area contributed by atoms with E-state index < -0.39 is 0 Å². The first-order valence-corrected chi connectivity index (χ1v) is 5.89. The highest BCUT2D eigenvalue weighted by molar-refractivity contribution is 5.02. The van der Waals surface area contributed by atoms with Crippen molar-refractivity contribution in [3.05, 3.63) is 11.6 Å². The van der Waals surface area contributed by atoms with Crippen LogP contribution in [0.5, 0.6) is 0 Å². The van der Waals surface area contributed by atoms with E-state index in [0.717, 1.165) is 50.4 Å². The second kappa shape index (κ2) is 5.41. The summed E-state index contributed by atoms with van der Waals surface area (Å²) in [5, 5.41) is 17.8. The van der Waals surface area contributed by atoms with Gasteiger partial charge in [0.1, 0.15) is 11.6 Å². The van der Waals surface area contributed by atoms with E-state index in [1.807, 2.05) is 0 Å². The molecule has 2 rings (SSSR count). The number of aliphatic hydroxyl groups is 1. The number of aliphatic hydroxyl groups excluding tert-OH is 1. The molecule has 16 heavy (non-hydrogen) atoms. The third-order valence-corrected chi connectivity index (χ3v) is 3.10. The fourth-order valence-electron chi connectivity index (χ4n) is 2.30. The van der Waals surface area contributed by atoms with Crippen LogP contribution < -0.4 is 0 Å². The summed E-state index contributed by atoms with van der Waals surface area (Å²) in [5.41, 5.74) is 0. The molecule has 0 bridgehead atoms. The zero-order chi connectivity index (χ0) is 11.4. The Balaban J connectivity index is 2.10. The van der Waals surface area contributed by atoms with Crippen LogP contribution in [0.4, 0.5) is 0 Å². The molecule has 0 fully saturated rings. The number of hydrogen-bond donors (Lipinski definition) is 1. The summed E-state index contributed by atoms with van der Waals surface area (Å²) in [4.78, 5) is 0. The molecule has 1 aromatic heterocycles. The first-order valence-electron chi connectivity index (χ1n) is 5.89. The summed E-state index contributed by atoms with van der Waals surface area (Å²) >= 11 is 0. The van der Waals surface area contributed by atoms with Gasteiger partial charge >= 0.3 is 0 Å². The van der Waals surface area contributed by atoms with E-state index in [2.05, 4.69) is 14.8 Å². The van der Waals surface area contributed by atoms with Crippen molar-refractivity contribution >= 4 is 0 Å². The predicted molar refractivity (Wildman–Crippen MR) is 59.3 cm³/mol. The van der Waals surface area contributed by atoms with Crippen LogP contribution in [0, 0.1) is 0 Å². The van der Waals surface area contributed by atoms with Crippen LogP contribution in [0.2, 0.25) is 0 Å². The van der Waals surface area contributed by atoms with Gasteiger partial charge in [-0.3, -0.25) is 0 Å². The topological polar surface area (TPSA) is 60.2 Å². The number of nitrogens with zero attached hydrogens (tertiary/aromatic N) is 3. The lowest BCUT2D eigenvalue weighted by Crippen LogP contribution is -2.23. The average Bonchev–Trinajstić information content (AvgIpc) is 2.73. The van der Waals surface area contributed by atoms with E-state index in [0.29, 0.717) is 0 Å². The van der Waals surface area contributed by atoms with E-state index in [9.17, 15) is 5.11 Å². The summed E-state index contributed by atoms with van der Waals surface area (Å²) in [5.74, 6) is 2.02. The summed E-state index contributed by atoms with van der Waals surface area (Å²) in [6.45, 7) is 0.925. The van der Waals surface area contributed by atoms with Gasteiger partial charge in [-0.1, -0.05) is 0 Å². The molecule has 5 nitrogen and oxygen atoms in total. The fraction of sp³-hybridized carbons (Fsp3) is 0.818. The third-order valence-electron chi connectivity index (χ3n) is 3.10. The molecule has 0 radical (unpaired) electrons. The minimum absolute atomic E-state index is 0.177. The van der Waals surface area contributed by atoms with E-state index in [1.54, 1.807) is 7.11 Å². The second-order valence-electron chi connectivity index (χ2n) is 4.23. The van der Waals surface area contributed by atoms with E-state index in [1.165, 1.54) is 0 Å². The molecule has 0 aliphatic carbocycles. The Labute approximate surface area is 95.4 Å². The minimum Gasteiger partial charge on any atom is -0.394 e. The first kappa shape index (κ1) is 11.5. The highest BCUT2D eigenvalue weighted by atomic mass is 16.5. The Morgan fingerprint density at radius 1 is 1.50 bits per heavy atom. The Kier molecular flexibility index (Phi) is 3.90. The lowest BCUT2D eigenvalue weighted by atomic mass is 10.0. The number of aromatic nitrogens is 3. The van der Waals surface area contributed by atoms with Crippen molar-refractivity contribution in [3.8, 4) is 0 Å². The van der Waals surface area contributed by atoms with Crippen LogP contribution in [-0.2, 0) is 17.6 Å². The van der Waals surface area contributed by atoms with Crippen molar-refractivity contribution in [3.63, 3.8) is 0 Å². The maximum Gasteiger partial charge on any atom is 0.133 e. The maximum atomic E-state index is 9.35. The third kappa shape index (κ3) is 2.25. The number of fused-ring (bicyclic) bond motifs is 1. The van der Waals surface area contributed by atoms with Crippen LogP contribution >= 0.6 is 0 Å². The van der Waals surface area contributed by atoms with Gasteiger partial charge in [0.05, 0.1) is 12.6 Å². The number of methoxy groups -OCH3 is 1. The van der Waals surface area contributed by atoms with Gasteiger partial charge in [0.15, 0.2) is 0 Å². The SMILES string of the molecule is COCCCc1nnc2n1C(CO)CCC2. The van der Waals surface area contributed by atoms with Crippen molar-refractivity contribution in [1.82, 2.24) is 14.8 Å². The van der Waals surface area contributed by atoms with Crippen LogP contribution in [0.15, 0.2) is 0 Å². The largest absolute Gasteiger partial charge is 0.394 e. The van der Waals surface area contributed by atoms with Crippen molar-refractivity contribution in [2.24, 2.45) is 0 Å². The molecule has 0 aromatic carbocycles. The van der Waals surface area contributed by atoms with Gasteiger partial charge in [0.25, 0.3) is 0 Å². The maximum absolute atomic E-state index is 9.35. The predicted octanol–water partition coefficient (Wildman–Crippen LogP) is 0.727. The lowest BCUT2D eigenvalue weighted by molar-refractivity contribution is 0.189. The monoisotopic (exact) mass is 225 g/mol. The van der Waals surface area contributed by atoms with Gasteiger partial charge in [0.2, 0.25) is 0 Å². The Morgan fingerprint density at radius 3 is 3.12 bits per heavy atom. The minimum atomic E-state index is 0.177. The van der Waals surface area contributed by atoms with Crippen LogP contribution in [0.25, 0.3) is 0 Å². The van der Waals surface area contributed by atoms with E-state index in [-0.39, 0.29) is 12.6 Å². The Bertz CT molecular complexity index is 338. The molecule has 1 atom stereocenters. The number of aryl methyl sites for hydroxylation is 2. The molecule has 0 saturated carbocycles. The first-order chi connectivity index (χ1) is 7.86. The zero-order valence-electron chi connectivity index (χ0n) is 9.72. The van der Waals surface area contributed by atoms with Crippen molar-refractivity contribution < 1.29 is 9.84 Å². The van der Waals surface area contributed by atoms with Gasteiger partial charge in [-0.2, -0.15) is 0 Å². The molecule has 5 heteroatoms. The highest BCUT2D eigenvalue weighted by Gasteiger charge is 2.23. The normalized spacial score (nSPS) is 19.8. The summed E-state index contributed by atoms with van der Waals surface area (Å²) in [6, 6.07) is 0.177. The molecule has 0 saturated heterocycles. The van der Waals surface area contributed by atoms with Gasteiger partial charge in [-0.25, -0.2) is 0 Å². The van der Waals surface area contributed by atoms with Crippen LogP contribution in [-0.4, -0.2) is 40.2 Å². The van der Waals surface area contributed by atoms with Gasteiger partial charge in [0, 0.05) is 26.6 Å². The molecule has 1 aliphatic heterocycles. The fourth-order valence-corrected chi connectivity index (χ4v) is 2.30. The van der Waals surface area contributed by atoms with Crippen molar-refractivity contribution in [2.75, 3.05) is 20.3 Å². The molecule has 0 amide bonds. The zero-order valence-corrected chi connectivity index (χ0v) is 9.72. The number of ether oxygens (including phenoxy) is 1. The molecule has 1 aromatic rings. The number of hydrogen-bond acceptors (Lipinski definition) is 4. The molecular formula is C11H19N3O2. The number of rotatable bonds is 5. The molecule has 90 valence electrons. The van der Waals surface area contributed by atoms with Crippen molar-refractivity contribution in [2.45, 2.75) is 38.1 Å². The highest BCUT2D eigenvalue weighted by Crippen LogP contribution is 2.25. The van der Waals surface area contributed by atoms with Crippen LogP contribution in [0.1, 0.15) is 37.0 Å². The summed E-state index contributed by atoms with van der Waals surface area (Å²) in [7, 11) is 1.70. The Hall–Kier alpha value is -0.940. The average molecular weight is 225 g/mol. The standard InChI is InChI=1S/C11H19N3O2/c1-16-7-3-6-11-13-12-10-5-2-4-9(8-15)14(10)11/h9,15H,2-8H2,1H3. The molecule has 1 unspecified atom stereocenters. The van der Waals surface area contributed by atoms with Crippen LogP contribution in [0.3, 0.4) is 0 Å². The second-order valence-corrected chi connectivity index (χ2v) is 4.23. The molecule has 1 N–H and O–H groups in total. The smallest absolute Gasteiger partial charge is 0.133 e. The summed E-state index contributed by atoms with van der Waals surface area (Å²) < 4.78 is 7.15. The molecule has 2 heterocycles.